The Labute approximate surface area is 112 Å². The summed E-state index contributed by atoms with van der Waals surface area (Å²) in [6, 6.07) is 0.753. The van der Waals surface area contributed by atoms with Crippen LogP contribution in [0.1, 0.15) is 38.4 Å². The fourth-order valence-electron chi connectivity index (χ4n) is 2.20. The first-order valence-corrected chi connectivity index (χ1v) is 8.16. The van der Waals surface area contributed by atoms with Crippen molar-refractivity contribution in [3.05, 3.63) is 5.82 Å². The summed E-state index contributed by atoms with van der Waals surface area (Å²) in [4.78, 5) is 4.35. The molecule has 0 bridgehead atoms. The van der Waals surface area contributed by atoms with Crippen molar-refractivity contribution < 1.29 is 0 Å². The topological polar surface area (TPSA) is 37.8 Å². The van der Waals surface area contributed by atoms with E-state index in [0.717, 1.165) is 34.4 Å². The molecule has 2 rings (SSSR count). The second-order valence-electron chi connectivity index (χ2n) is 4.87. The summed E-state index contributed by atoms with van der Waals surface area (Å²) in [6.45, 7) is 5.40. The van der Waals surface area contributed by atoms with Crippen LogP contribution in [0.4, 0.5) is 0 Å². The predicted molar refractivity (Wildman–Crippen MR) is 74.8 cm³/mol. The monoisotopic (exact) mass is 271 g/mol. The zero-order chi connectivity index (χ0) is 12.1. The molecule has 1 heterocycles. The van der Waals surface area contributed by atoms with E-state index in [9.17, 15) is 0 Å². The Kier molecular flexibility index (Phi) is 5.25. The normalized spacial score (nSPS) is 25.1. The highest BCUT2D eigenvalue weighted by atomic mass is 32.2. The Morgan fingerprint density at radius 2 is 2.12 bits per heavy atom. The van der Waals surface area contributed by atoms with E-state index >= 15 is 0 Å². The van der Waals surface area contributed by atoms with Crippen molar-refractivity contribution >= 4 is 23.3 Å². The standard InChI is InChI=1S/C12H21N3S2/c1-9-3-5-11(6-4-9)13-7-8-16-12-14-10(2)15-17-12/h9,11,13H,3-8H2,1-2H3. The molecule has 3 nitrogen and oxygen atoms in total. The summed E-state index contributed by atoms with van der Waals surface area (Å²) in [7, 11) is 0. The fourth-order valence-corrected chi connectivity index (χ4v) is 3.79. The van der Waals surface area contributed by atoms with Gasteiger partial charge < -0.3 is 5.32 Å². The van der Waals surface area contributed by atoms with Gasteiger partial charge in [0.2, 0.25) is 0 Å². The van der Waals surface area contributed by atoms with Crippen LogP contribution >= 0.6 is 23.3 Å². The fraction of sp³-hybridized carbons (Fsp3) is 0.833. The third-order valence-corrected chi connectivity index (χ3v) is 5.21. The van der Waals surface area contributed by atoms with Gasteiger partial charge in [0.15, 0.2) is 4.34 Å². The maximum Gasteiger partial charge on any atom is 0.170 e. The molecule has 1 fully saturated rings. The molecule has 1 aliphatic rings. The highest BCUT2D eigenvalue weighted by Crippen LogP contribution is 2.23. The van der Waals surface area contributed by atoms with E-state index in [1.807, 2.05) is 18.7 Å². The lowest BCUT2D eigenvalue weighted by Gasteiger charge is -2.26. The number of rotatable bonds is 5. The van der Waals surface area contributed by atoms with Crippen LogP contribution in [0, 0.1) is 12.8 Å². The van der Waals surface area contributed by atoms with Gasteiger partial charge >= 0.3 is 0 Å². The van der Waals surface area contributed by atoms with Gasteiger partial charge in [-0.1, -0.05) is 18.7 Å². The zero-order valence-corrected chi connectivity index (χ0v) is 12.2. The molecule has 1 saturated carbocycles. The van der Waals surface area contributed by atoms with E-state index in [4.69, 9.17) is 0 Å². The maximum absolute atomic E-state index is 4.35. The van der Waals surface area contributed by atoms with Crippen LogP contribution in [0.15, 0.2) is 4.34 Å². The highest BCUT2D eigenvalue weighted by Gasteiger charge is 2.17. The van der Waals surface area contributed by atoms with Gasteiger partial charge in [-0.3, -0.25) is 0 Å². The molecular weight excluding hydrogens is 250 g/mol. The van der Waals surface area contributed by atoms with Crippen molar-refractivity contribution in [1.82, 2.24) is 14.7 Å². The molecule has 96 valence electrons. The van der Waals surface area contributed by atoms with Crippen LogP contribution in [0.25, 0.3) is 0 Å². The molecule has 1 aromatic rings. The lowest BCUT2D eigenvalue weighted by Crippen LogP contribution is -2.34. The molecule has 5 heteroatoms. The van der Waals surface area contributed by atoms with Crippen LogP contribution in [-0.4, -0.2) is 27.7 Å². The second-order valence-corrected chi connectivity index (χ2v) is 6.96. The van der Waals surface area contributed by atoms with E-state index < -0.39 is 0 Å². The lowest BCUT2D eigenvalue weighted by atomic mass is 9.87. The first-order valence-electron chi connectivity index (χ1n) is 6.40. The number of hydrogen-bond donors (Lipinski definition) is 1. The van der Waals surface area contributed by atoms with Gasteiger partial charge in [-0.15, -0.1) is 0 Å². The summed E-state index contributed by atoms with van der Waals surface area (Å²) in [5, 5.41) is 3.65. The molecule has 0 aliphatic heterocycles. The van der Waals surface area contributed by atoms with Crippen LogP contribution < -0.4 is 5.32 Å². The SMILES string of the molecule is Cc1nsc(SCCNC2CCC(C)CC2)n1. The molecule has 0 atom stereocenters. The number of nitrogens with zero attached hydrogens (tertiary/aromatic N) is 2. The molecule has 0 radical (unpaired) electrons. The Morgan fingerprint density at radius 3 is 2.76 bits per heavy atom. The van der Waals surface area contributed by atoms with Crippen LogP contribution in [-0.2, 0) is 0 Å². The summed E-state index contributed by atoms with van der Waals surface area (Å²) in [6.07, 6.45) is 5.48. The summed E-state index contributed by atoms with van der Waals surface area (Å²) in [5.41, 5.74) is 0. The molecule has 0 unspecified atom stereocenters. The van der Waals surface area contributed by atoms with Crippen molar-refractivity contribution in [1.29, 1.82) is 0 Å². The zero-order valence-electron chi connectivity index (χ0n) is 10.6. The van der Waals surface area contributed by atoms with E-state index in [0.29, 0.717) is 0 Å². The number of nitrogens with one attached hydrogen (secondary N) is 1. The minimum atomic E-state index is 0.753. The first-order chi connectivity index (χ1) is 8.24. The number of aryl methyl sites for hydroxylation is 1. The number of thioether (sulfide) groups is 1. The van der Waals surface area contributed by atoms with Gasteiger partial charge in [0, 0.05) is 18.3 Å². The van der Waals surface area contributed by atoms with Gasteiger partial charge in [0.25, 0.3) is 0 Å². The molecular formula is C12H21N3S2. The van der Waals surface area contributed by atoms with E-state index in [1.165, 1.54) is 37.2 Å². The summed E-state index contributed by atoms with van der Waals surface area (Å²) < 4.78 is 5.28. The first kappa shape index (κ1) is 13.3. The average molecular weight is 271 g/mol. The molecule has 0 spiro atoms. The van der Waals surface area contributed by atoms with Crippen LogP contribution in [0.3, 0.4) is 0 Å². The molecule has 1 aromatic heterocycles. The van der Waals surface area contributed by atoms with Crippen LogP contribution in [0.5, 0.6) is 0 Å². The molecule has 0 amide bonds. The van der Waals surface area contributed by atoms with E-state index in [1.54, 1.807) is 0 Å². The predicted octanol–water partition coefficient (Wildman–Crippen LogP) is 3.11. The van der Waals surface area contributed by atoms with Crippen molar-refractivity contribution in [2.75, 3.05) is 12.3 Å². The van der Waals surface area contributed by atoms with E-state index in [-0.39, 0.29) is 0 Å². The number of hydrogen-bond acceptors (Lipinski definition) is 5. The Balaban J connectivity index is 1.57. The van der Waals surface area contributed by atoms with Crippen molar-refractivity contribution in [2.24, 2.45) is 5.92 Å². The van der Waals surface area contributed by atoms with E-state index in [2.05, 4.69) is 21.6 Å². The largest absolute Gasteiger partial charge is 0.313 e. The molecule has 1 N–H and O–H groups in total. The molecule has 1 aliphatic carbocycles. The third-order valence-electron chi connectivity index (χ3n) is 3.29. The summed E-state index contributed by atoms with van der Waals surface area (Å²) in [5.74, 6) is 2.93. The smallest absolute Gasteiger partial charge is 0.170 e. The van der Waals surface area contributed by atoms with Crippen molar-refractivity contribution in [3.8, 4) is 0 Å². The molecule has 0 saturated heterocycles. The second kappa shape index (κ2) is 6.71. The van der Waals surface area contributed by atoms with Crippen LogP contribution in [0.2, 0.25) is 0 Å². The lowest BCUT2D eigenvalue weighted by molar-refractivity contribution is 0.312. The Morgan fingerprint density at radius 1 is 1.35 bits per heavy atom. The van der Waals surface area contributed by atoms with Gasteiger partial charge in [-0.2, -0.15) is 4.37 Å². The van der Waals surface area contributed by atoms with Gasteiger partial charge in [0.05, 0.1) is 0 Å². The highest BCUT2D eigenvalue weighted by molar-refractivity contribution is 8.00. The van der Waals surface area contributed by atoms with Gasteiger partial charge in [0.1, 0.15) is 5.82 Å². The maximum atomic E-state index is 4.35. The summed E-state index contributed by atoms with van der Waals surface area (Å²) >= 11 is 3.32. The minimum absolute atomic E-state index is 0.753. The average Bonchev–Trinajstić information content (AvgIpc) is 2.73. The third kappa shape index (κ3) is 4.56. The molecule has 0 aromatic carbocycles. The minimum Gasteiger partial charge on any atom is -0.313 e. The number of aromatic nitrogens is 2. The van der Waals surface area contributed by atoms with Crippen molar-refractivity contribution in [2.45, 2.75) is 49.9 Å². The Hall–Kier alpha value is -0.130. The quantitative estimate of drug-likeness (QED) is 0.659. The Bertz CT molecular complexity index is 332. The van der Waals surface area contributed by atoms with Crippen molar-refractivity contribution in [3.63, 3.8) is 0 Å². The van der Waals surface area contributed by atoms with Gasteiger partial charge in [-0.25, -0.2) is 4.98 Å². The molecule has 17 heavy (non-hydrogen) atoms. The van der Waals surface area contributed by atoms with Gasteiger partial charge in [-0.05, 0) is 50.1 Å².